The smallest absolute Gasteiger partial charge is 0.224 e. The summed E-state index contributed by atoms with van der Waals surface area (Å²) in [5.41, 5.74) is 1.05. The number of aryl methyl sites for hydroxylation is 2. The standard InChI is InChI=1S/C14H22N4O4S/c1-12-8-15-17(9-12)3-2-14(19)16-10-13(11-16)23(20,21)18-4-6-22-7-5-18/h8-9,13H,2-7,10-11H2,1H3. The van der Waals surface area contributed by atoms with E-state index >= 15 is 0 Å². The van der Waals surface area contributed by atoms with Gasteiger partial charge in [0.2, 0.25) is 15.9 Å². The van der Waals surface area contributed by atoms with Gasteiger partial charge in [0.15, 0.2) is 0 Å². The number of aromatic nitrogens is 2. The van der Waals surface area contributed by atoms with Gasteiger partial charge in [-0.05, 0) is 12.5 Å². The van der Waals surface area contributed by atoms with Crippen molar-refractivity contribution in [2.45, 2.75) is 25.1 Å². The largest absolute Gasteiger partial charge is 0.379 e. The molecular weight excluding hydrogens is 320 g/mol. The van der Waals surface area contributed by atoms with Crippen LogP contribution in [0.2, 0.25) is 0 Å². The molecule has 2 saturated heterocycles. The minimum Gasteiger partial charge on any atom is -0.379 e. The number of rotatable bonds is 5. The molecule has 0 N–H and O–H groups in total. The summed E-state index contributed by atoms with van der Waals surface area (Å²) < 4.78 is 33.3. The highest BCUT2D eigenvalue weighted by Gasteiger charge is 2.42. The van der Waals surface area contributed by atoms with Crippen molar-refractivity contribution in [1.82, 2.24) is 19.0 Å². The van der Waals surface area contributed by atoms with E-state index in [1.165, 1.54) is 4.31 Å². The fourth-order valence-electron chi connectivity index (χ4n) is 2.80. The van der Waals surface area contributed by atoms with E-state index in [-0.39, 0.29) is 19.0 Å². The van der Waals surface area contributed by atoms with Crippen LogP contribution in [-0.2, 0) is 26.1 Å². The molecule has 0 atom stereocenters. The zero-order valence-corrected chi connectivity index (χ0v) is 14.0. The molecule has 2 aliphatic rings. The van der Waals surface area contributed by atoms with Gasteiger partial charge < -0.3 is 9.64 Å². The highest BCUT2D eigenvalue weighted by Crippen LogP contribution is 2.21. The second-order valence-corrected chi connectivity index (χ2v) is 8.22. The van der Waals surface area contributed by atoms with Gasteiger partial charge in [-0.25, -0.2) is 8.42 Å². The monoisotopic (exact) mass is 342 g/mol. The molecule has 0 saturated carbocycles. The van der Waals surface area contributed by atoms with Crippen molar-refractivity contribution in [3.63, 3.8) is 0 Å². The van der Waals surface area contributed by atoms with E-state index in [2.05, 4.69) is 5.10 Å². The number of morpholine rings is 1. The molecular formula is C14H22N4O4S. The van der Waals surface area contributed by atoms with Gasteiger partial charge in [0.1, 0.15) is 5.25 Å². The molecule has 9 heteroatoms. The lowest BCUT2D eigenvalue weighted by atomic mass is 10.2. The third kappa shape index (κ3) is 3.56. The van der Waals surface area contributed by atoms with Crippen LogP contribution in [0.15, 0.2) is 12.4 Å². The lowest BCUT2D eigenvalue weighted by Crippen LogP contribution is -2.61. The van der Waals surface area contributed by atoms with E-state index < -0.39 is 15.3 Å². The van der Waals surface area contributed by atoms with Gasteiger partial charge in [-0.15, -0.1) is 0 Å². The molecule has 2 fully saturated rings. The molecule has 0 radical (unpaired) electrons. The van der Waals surface area contributed by atoms with Crippen LogP contribution in [0, 0.1) is 6.92 Å². The average molecular weight is 342 g/mol. The predicted molar refractivity (Wildman–Crippen MR) is 83.3 cm³/mol. The van der Waals surface area contributed by atoms with E-state index in [9.17, 15) is 13.2 Å². The Kier molecular flexibility index (Phi) is 4.69. The Labute approximate surface area is 136 Å². The number of amides is 1. The molecule has 128 valence electrons. The first-order chi connectivity index (χ1) is 11.0. The normalized spacial score (nSPS) is 20.5. The maximum atomic E-state index is 12.4. The first-order valence-electron chi connectivity index (χ1n) is 7.80. The molecule has 1 aromatic heterocycles. The molecule has 0 aromatic carbocycles. The number of hydrogen-bond donors (Lipinski definition) is 0. The van der Waals surface area contributed by atoms with Gasteiger partial charge in [0.25, 0.3) is 0 Å². The van der Waals surface area contributed by atoms with Crippen molar-refractivity contribution in [3.8, 4) is 0 Å². The Morgan fingerprint density at radius 3 is 2.65 bits per heavy atom. The van der Waals surface area contributed by atoms with E-state index in [4.69, 9.17) is 4.74 Å². The fraction of sp³-hybridized carbons (Fsp3) is 0.714. The van der Waals surface area contributed by atoms with Crippen molar-refractivity contribution in [2.24, 2.45) is 0 Å². The Bertz CT molecular complexity index is 660. The lowest BCUT2D eigenvalue weighted by Gasteiger charge is -2.41. The average Bonchev–Trinajstić information content (AvgIpc) is 2.90. The first kappa shape index (κ1) is 16.4. The van der Waals surface area contributed by atoms with Crippen LogP contribution in [0.25, 0.3) is 0 Å². The SMILES string of the molecule is Cc1cnn(CCC(=O)N2CC(S(=O)(=O)N3CCOCC3)C2)c1. The van der Waals surface area contributed by atoms with Gasteiger partial charge in [0.05, 0.1) is 19.4 Å². The van der Waals surface area contributed by atoms with E-state index in [0.29, 0.717) is 39.3 Å². The summed E-state index contributed by atoms with van der Waals surface area (Å²) in [7, 11) is -3.31. The molecule has 3 rings (SSSR count). The quantitative estimate of drug-likeness (QED) is 0.717. The highest BCUT2D eigenvalue weighted by atomic mass is 32.2. The Balaban J connectivity index is 1.47. The summed E-state index contributed by atoms with van der Waals surface area (Å²) in [4.78, 5) is 13.7. The van der Waals surface area contributed by atoms with Gasteiger partial charge in [0, 0.05) is 45.3 Å². The highest BCUT2D eigenvalue weighted by molar-refractivity contribution is 7.89. The number of likely N-dealkylation sites (tertiary alicyclic amines) is 1. The predicted octanol–water partition coefficient (Wildman–Crippen LogP) is -0.546. The number of carbonyl (C=O) groups is 1. The van der Waals surface area contributed by atoms with Crippen LogP contribution in [0.3, 0.4) is 0 Å². The maximum Gasteiger partial charge on any atom is 0.224 e. The van der Waals surface area contributed by atoms with Crippen molar-refractivity contribution < 1.29 is 17.9 Å². The number of carbonyl (C=O) groups excluding carboxylic acids is 1. The summed E-state index contributed by atoms with van der Waals surface area (Å²) in [5.74, 6) is -0.0217. The van der Waals surface area contributed by atoms with Crippen molar-refractivity contribution in [3.05, 3.63) is 18.0 Å². The minimum atomic E-state index is -3.31. The molecule has 0 spiro atoms. The van der Waals surface area contributed by atoms with Crippen LogP contribution in [0.4, 0.5) is 0 Å². The molecule has 1 aromatic rings. The Hall–Kier alpha value is -1.45. The van der Waals surface area contributed by atoms with Crippen molar-refractivity contribution in [1.29, 1.82) is 0 Å². The Morgan fingerprint density at radius 2 is 2.04 bits per heavy atom. The second-order valence-electron chi connectivity index (χ2n) is 6.01. The van der Waals surface area contributed by atoms with Gasteiger partial charge >= 0.3 is 0 Å². The summed E-state index contributed by atoms with van der Waals surface area (Å²) in [6.45, 7) is 4.74. The van der Waals surface area contributed by atoms with Crippen LogP contribution in [0.5, 0.6) is 0 Å². The summed E-state index contributed by atoms with van der Waals surface area (Å²) in [6.07, 6.45) is 3.97. The number of sulfonamides is 1. The van der Waals surface area contributed by atoms with E-state index in [1.807, 2.05) is 13.1 Å². The van der Waals surface area contributed by atoms with Crippen LogP contribution in [0.1, 0.15) is 12.0 Å². The summed E-state index contributed by atoms with van der Waals surface area (Å²) >= 11 is 0. The topological polar surface area (TPSA) is 84.7 Å². The number of nitrogens with zero attached hydrogens (tertiary/aromatic N) is 4. The number of ether oxygens (including phenoxy) is 1. The molecule has 3 heterocycles. The van der Waals surface area contributed by atoms with Gasteiger partial charge in [-0.3, -0.25) is 9.48 Å². The molecule has 23 heavy (non-hydrogen) atoms. The molecule has 8 nitrogen and oxygen atoms in total. The lowest BCUT2D eigenvalue weighted by molar-refractivity contribution is -0.134. The molecule has 0 aliphatic carbocycles. The van der Waals surface area contributed by atoms with E-state index in [0.717, 1.165) is 5.56 Å². The van der Waals surface area contributed by atoms with Crippen molar-refractivity contribution >= 4 is 15.9 Å². The second kappa shape index (κ2) is 6.58. The van der Waals surface area contributed by atoms with Crippen molar-refractivity contribution in [2.75, 3.05) is 39.4 Å². The van der Waals surface area contributed by atoms with Gasteiger partial charge in [-0.1, -0.05) is 0 Å². The van der Waals surface area contributed by atoms with Crippen LogP contribution in [-0.4, -0.2) is 78.0 Å². The third-order valence-electron chi connectivity index (χ3n) is 4.27. The fourth-order valence-corrected chi connectivity index (χ4v) is 4.62. The van der Waals surface area contributed by atoms with E-state index in [1.54, 1.807) is 15.8 Å². The molecule has 0 unspecified atom stereocenters. The third-order valence-corrected chi connectivity index (χ3v) is 6.49. The molecule has 1 amide bonds. The Morgan fingerprint density at radius 1 is 1.35 bits per heavy atom. The minimum absolute atomic E-state index is 0.0217. The zero-order chi connectivity index (χ0) is 16.4. The van der Waals surface area contributed by atoms with Gasteiger partial charge in [-0.2, -0.15) is 9.40 Å². The van der Waals surface area contributed by atoms with Crippen LogP contribution < -0.4 is 0 Å². The summed E-state index contributed by atoms with van der Waals surface area (Å²) in [6, 6.07) is 0. The molecule has 2 aliphatic heterocycles. The maximum absolute atomic E-state index is 12.4. The molecule has 0 bridgehead atoms. The first-order valence-corrected chi connectivity index (χ1v) is 9.30. The van der Waals surface area contributed by atoms with Crippen LogP contribution >= 0.6 is 0 Å². The summed E-state index contributed by atoms with van der Waals surface area (Å²) in [5, 5.41) is 3.66. The zero-order valence-electron chi connectivity index (χ0n) is 13.2. The number of hydrogen-bond acceptors (Lipinski definition) is 5.